The van der Waals surface area contributed by atoms with Gasteiger partial charge in [0, 0.05) is 6.54 Å². The quantitative estimate of drug-likeness (QED) is 0.488. The minimum absolute atomic E-state index is 0.344. The molecule has 0 aromatic carbocycles. The standard InChI is InChI=1S/C11H22N2O4/c1-3-16-10(14)9(12)7-5-6-8-13-11(15)17-4-2/h9H,3-8,12H2,1-2H3,(H,13,15). The van der Waals surface area contributed by atoms with E-state index in [9.17, 15) is 9.59 Å². The second-order valence-corrected chi connectivity index (χ2v) is 3.50. The molecule has 0 heterocycles. The fourth-order valence-electron chi connectivity index (χ4n) is 1.23. The molecule has 0 aromatic heterocycles. The van der Waals surface area contributed by atoms with E-state index >= 15 is 0 Å². The van der Waals surface area contributed by atoms with Crippen molar-refractivity contribution in [1.82, 2.24) is 5.32 Å². The highest BCUT2D eigenvalue weighted by Gasteiger charge is 2.13. The Balaban J connectivity index is 3.45. The Morgan fingerprint density at radius 3 is 2.41 bits per heavy atom. The Labute approximate surface area is 102 Å². The van der Waals surface area contributed by atoms with Crippen molar-refractivity contribution in [1.29, 1.82) is 0 Å². The van der Waals surface area contributed by atoms with E-state index in [0.717, 1.165) is 12.8 Å². The number of rotatable bonds is 8. The molecule has 6 nitrogen and oxygen atoms in total. The van der Waals surface area contributed by atoms with Gasteiger partial charge in [-0.3, -0.25) is 4.79 Å². The zero-order chi connectivity index (χ0) is 13.1. The largest absolute Gasteiger partial charge is 0.465 e. The number of unbranched alkanes of at least 4 members (excludes halogenated alkanes) is 1. The van der Waals surface area contributed by atoms with Crippen LogP contribution < -0.4 is 11.1 Å². The van der Waals surface area contributed by atoms with Gasteiger partial charge in [0.2, 0.25) is 0 Å². The third-order valence-corrected chi connectivity index (χ3v) is 2.08. The molecule has 0 aliphatic heterocycles. The van der Waals surface area contributed by atoms with Crippen LogP contribution in [0.5, 0.6) is 0 Å². The minimum Gasteiger partial charge on any atom is -0.465 e. The van der Waals surface area contributed by atoms with E-state index in [2.05, 4.69) is 5.32 Å². The summed E-state index contributed by atoms with van der Waals surface area (Å²) in [6.07, 6.45) is 1.66. The van der Waals surface area contributed by atoms with Gasteiger partial charge >= 0.3 is 12.1 Å². The van der Waals surface area contributed by atoms with Gasteiger partial charge in [0.05, 0.1) is 13.2 Å². The summed E-state index contributed by atoms with van der Waals surface area (Å²) in [6, 6.07) is -0.572. The lowest BCUT2D eigenvalue weighted by Crippen LogP contribution is -2.32. The molecule has 1 atom stereocenters. The van der Waals surface area contributed by atoms with Crippen LogP contribution in [0.4, 0.5) is 4.79 Å². The molecule has 100 valence electrons. The third-order valence-electron chi connectivity index (χ3n) is 2.08. The van der Waals surface area contributed by atoms with E-state index in [4.69, 9.17) is 15.2 Å². The van der Waals surface area contributed by atoms with Gasteiger partial charge in [-0.05, 0) is 33.1 Å². The Morgan fingerprint density at radius 1 is 1.18 bits per heavy atom. The van der Waals surface area contributed by atoms with Crippen molar-refractivity contribution >= 4 is 12.1 Å². The molecule has 1 unspecified atom stereocenters. The summed E-state index contributed by atoms with van der Waals surface area (Å²) in [7, 11) is 0. The Bertz CT molecular complexity index is 234. The van der Waals surface area contributed by atoms with E-state index < -0.39 is 12.1 Å². The van der Waals surface area contributed by atoms with Gasteiger partial charge in [-0.25, -0.2) is 4.79 Å². The lowest BCUT2D eigenvalue weighted by molar-refractivity contribution is -0.144. The molecule has 6 heteroatoms. The van der Waals surface area contributed by atoms with Gasteiger partial charge in [0.15, 0.2) is 0 Å². The summed E-state index contributed by atoms with van der Waals surface area (Å²) in [6.45, 7) is 4.72. The summed E-state index contributed by atoms with van der Waals surface area (Å²) in [4.78, 5) is 22.1. The van der Waals surface area contributed by atoms with E-state index in [0.29, 0.717) is 26.2 Å². The van der Waals surface area contributed by atoms with Crippen molar-refractivity contribution in [2.24, 2.45) is 5.73 Å². The van der Waals surface area contributed by atoms with Gasteiger partial charge in [-0.2, -0.15) is 0 Å². The average molecular weight is 246 g/mol. The summed E-state index contributed by atoms with van der Waals surface area (Å²) in [5, 5.41) is 2.59. The number of ether oxygens (including phenoxy) is 2. The summed E-state index contributed by atoms with van der Waals surface area (Å²) >= 11 is 0. The van der Waals surface area contributed by atoms with E-state index in [1.165, 1.54) is 0 Å². The van der Waals surface area contributed by atoms with Crippen LogP contribution in [-0.2, 0) is 14.3 Å². The molecule has 0 rings (SSSR count). The molecule has 0 bridgehead atoms. The SMILES string of the molecule is CCOC(=O)NCCCCC(N)C(=O)OCC. The van der Waals surface area contributed by atoms with Crippen molar-refractivity contribution in [3.63, 3.8) is 0 Å². The Hall–Kier alpha value is -1.30. The number of nitrogens with one attached hydrogen (secondary N) is 1. The summed E-state index contributed by atoms with van der Waals surface area (Å²) in [5.41, 5.74) is 5.61. The predicted molar refractivity (Wildman–Crippen MR) is 63.5 cm³/mol. The first kappa shape index (κ1) is 15.7. The van der Waals surface area contributed by atoms with Gasteiger partial charge in [0.1, 0.15) is 6.04 Å². The second kappa shape index (κ2) is 9.89. The predicted octanol–water partition coefficient (Wildman–Crippen LogP) is 0.793. The van der Waals surface area contributed by atoms with Gasteiger partial charge in [-0.15, -0.1) is 0 Å². The van der Waals surface area contributed by atoms with Gasteiger partial charge in [0.25, 0.3) is 0 Å². The van der Waals surface area contributed by atoms with Crippen molar-refractivity contribution < 1.29 is 19.1 Å². The van der Waals surface area contributed by atoms with Crippen LogP contribution in [0.25, 0.3) is 0 Å². The van der Waals surface area contributed by atoms with Crippen molar-refractivity contribution in [3.8, 4) is 0 Å². The van der Waals surface area contributed by atoms with Gasteiger partial charge < -0.3 is 20.5 Å². The van der Waals surface area contributed by atoms with E-state index in [-0.39, 0.29) is 5.97 Å². The van der Waals surface area contributed by atoms with Crippen LogP contribution in [0.3, 0.4) is 0 Å². The van der Waals surface area contributed by atoms with E-state index in [1.807, 2.05) is 0 Å². The number of esters is 1. The summed E-state index contributed by atoms with van der Waals surface area (Å²) in [5.74, 6) is -0.370. The lowest BCUT2D eigenvalue weighted by atomic mass is 10.1. The first-order valence-electron chi connectivity index (χ1n) is 5.94. The first-order valence-corrected chi connectivity index (χ1v) is 5.94. The molecule has 0 fully saturated rings. The lowest BCUT2D eigenvalue weighted by Gasteiger charge is -2.10. The number of carbonyl (C=O) groups is 2. The van der Waals surface area contributed by atoms with Crippen molar-refractivity contribution in [2.75, 3.05) is 19.8 Å². The zero-order valence-corrected chi connectivity index (χ0v) is 10.5. The molecule has 0 radical (unpaired) electrons. The highest BCUT2D eigenvalue weighted by molar-refractivity contribution is 5.75. The minimum atomic E-state index is -0.572. The molecule has 0 aliphatic rings. The number of alkyl carbamates (subject to hydrolysis) is 1. The molecule has 1 amide bonds. The number of nitrogens with two attached hydrogens (primary N) is 1. The van der Waals surface area contributed by atoms with Crippen molar-refractivity contribution in [3.05, 3.63) is 0 Å². The topological polar surface area (TPSA) is 90.6 Å². The molecule has 0 saturated carbocycles. The molecular weight excluding hydrogens is 224 g/mol. The molecule has 0 aromatic rings. The first-order chi connectivity index (χ1) is 8.11. The maximum absolute atomic E-state index is 11.2. The second-order valence-electron chi connectivity index (χ2n) is 3.50. The van der Waals surface area contributed by atoms with Crippen LogP contribution in [0.15, 0.2) is 0 Å². The normalized spacial score (nSPS) is 11.7. The molecule has 0 aliphatic carbocycles. The smallest absolute Gasteiger partial charge is 0.407 e. The monoisotopic (exact) mass is 246 g/mol. The number of carbonyl (C=O) groups excluding carboxylic acids is 2. The number of hydrogen-bond donors (Lipinski definition) is 2. The maximum atomic E-state index is 11.2. The average Bonchev–Trinajstić information content (AvgIpc) is 2.29. The Morgan fingerprint density at radius 2 is 1.82 bits per heavy atom. The van der Waals surface area contributed by atoms with Gasteiger partial charge in [-0.1, -0.05) is 0 Å². The molecule has 0 spiro atoms. The van der Waals surface area contributed by atoms with Crippen LogP contribution in [0, 0.1) is 0 Å². The van der Waals surface area contributed by atoms with Crippen LogP contribution in [-0.4, -0.2) is 37.9 Å². The highest BCUT2D eigenvalue weighted by Crippen LogP contribution is 2.00. The molecular formula is C11H22N2O4. The van der Waals surface area contributed by atoms with Crippen LogP contribution in [0.2, 0.25) is 0 Å². The third kappa shape index (κ3) is 8.50. The highest BCUT2D eigenvalue weighted by atomic mass is 16.5. The Kier molecular flexibility index (Phi) is 9.14. The fraction of sp³-hybridized carbons (Fsp3) is 0.818. The van der Waals surface area contributed by atoms with Crippen LogP contribution >= 0.6 is 0 Å². The summed E-state index contributed by atoms with van der Waals surface area (Å²) < 4.78 is 9.47. The van der Waals surface area contributed by atoms with Crippen LogP contribution in [0.1, 0.15) is 33.1 Å². The zero-order valence-electron chi connectivity index (χ0n) is 10.5. The molecule has 17 heavy (non-hydrogen) atoms. The molecule has 0 saturated heterocycles. The maximum Gasteiger partial charge on any atom is 0.407 e. The fourth-order valence-corrected chi connectivity index (χ4v) is 1.23. The number of hydrogen-bond acceptors (Lipinski definition) is 5. The molecule has 3 N–H and O–H groups in total. The van der Waals surface area contributed by atoms with E-state index in [1.54, 1.807) is 13.8 Å². The number of amides is 1. The van der Waals surface area contributed by atoms with Crippen molar-refractivity contribution in [2.45, 2.75) is 39.2 Å².